The number of ether oxygens (including phenoxy) is 1. The van der Waals surface area contributed by atoms with Crippen LogP contribution in [0.25, 0.3) is 27.6 Å². The molecule has 0 radical (unpaired) electrons. The maximum Gasteiger partial charge on any atom is 0.293 e. The molecule has 0 bridgehead atoms. The number of benzene rings is 5. The molecule has 1 fully saturated rings. The van der Waals surface area contributed by atoms with Crippen molar-refractivity contribution in [1.82, 2.24) is 4.90 Å². The molecule has 186 valence electrons. The Morgan fingerprint density at radius 1 is 0.763 bits per heavy atom. The van der Waals surface area contributed by atoms with Crippen LogP contribution in [-0.2, 0) is 17.9 Å². The highest BCUT2D eigenvalue weighted by atomic mass is 79.9. The Bertz CT molecular complexity index is 1720. The monoisotopic (exact) mass is 579 g/mol. The summed E-state index contributed by atoms with van der Waals surface area (Å²) in [5.74, 6) is 0.368. The number of nitrogens with zero attached hydrogens (tertiary/aromatic N) is 1. The molecule has 0 N–H and O–H groups in total. The minimum absolute atomic E-state index is 0.231. The van der Waals surface area contributed by atoms with Gasteiger partial charge >= 0.3 is 0 Å². The minimum atomic E-state index is -0.296. The summed E-state index contributed by atoms with van der Waals surface area (Å²) in [6.45, 7) is 0.612. The molecule has 0 unspecified atom stereocenters. The number of hydrogen-bond acceptors (Lipinski definition) is 4. The summed E-state index contributed by atoms with van der Waals surface area (Å²) in [4.78, 5) is 27.8. The number of imide groups is 1. The van der Waals surface area contributed by atoms with Crippen LogP contribution in [0, 0.1) is 0 Å². The molecular formula is C32H22BrNO3S. The lowest BCUT2D eigenvalue weighted by molar-refractivity contribution is -0.123. The molecule has 5 aromatic rings. The lowest BCUT2D eigenvalue weighted by Crippen LogP contribution is -2.27. The molecule has 0 aromatic heterocycles. The van der Waals surface area contributed by atoms with E-state index >= 15 is 0 Å². The van der Waals surface area contributed by atoms with Gasteiger partial charge in [0.1, 0.15) is 12.4 Å². The third-order valence-corrected chi connectivity index (χ3v) is 8.03. The highest BCUT2D eigenvalue weighted by Crippen LogP contribution is 2.38. The Balaban J connectivity index is 1.34. The van der Waals surface area contributed by atoms with Gasteiger partial charge in [-0.15, -0.1) is 0 Å². The average molecular weight is 581 g/mol. The molecule has 0 spiro atoms. The number of fused-ring (bicyclic) bond motifs is 2. The molecule has 1 saturated heterocycles. The average Bonchev–Trinajstić information content (AvgIpc) is 3.21. The van der Waals surface area contributed by atoms with E-state index in [1.54, 1.807) is 6.08 Å². The van der Waals surface area contributed by atoms with E-state index in [1.807, 2.05) is 78.9 Å². The van der Waals surface area contributed by atoms with E-state index in [0.29, 0.717) is 17.3 Å². The van der Waals surface area contributed by atoms with E-state index in [-0.39, 0.29) is 17.7 Å². The maximum absolute atomic E-state index is 13.3. The molecule has 0 aliphatic carbocycles. The summed E-state index contributed by atoms with van der Waals surface area (Å²) >= 11 is 4.39. The highest BCUT2D eigenvalue weighted by Gasteiger charge is 2.35. The molecule has 1 aliphatic heterocycles. The maximum atomic E-state index is 13.3. The van der Waals surface area contributed by atoms with Crippen LogP contribution in [0.5, 0.6) is 5.75 Å². The third kappa shape index (κ3) is 4.85. The Kier molecular flexibility index (Phi) is 6.75. The fourth-order valence-corrected chi connectivity index (χ4v) is 5.75. The Morgan fingerprint density at radius 2 is 1.45 bits per heavy atom. The number of carbonyl (C=O) groups is 2. The topological polar surface area (TPSA) is 46.6 Å². The van der Waals surface area contributed by atoms with Crippen LogP contribution in [0.2, 0.25) is 0 Å². The number of halogens is 1. The lowest BCUT2D eigenvalue weighted by atomic mass is 10.0. The van der Waals surface area contributed by atoms with Crippen LogP contribution in [0.15, 0.2) is 113 Å². The smallest absolute Gasteiger partial charge is 0.293 e. The van der Waals surface area contributed by atoms with Gasteiger partial charge in [-0.1, -0.05) is 101 Å². The molecule has 1 aliphatic rings. The first-order valence-electron chi connectivity index (χ1n) is 12.2. The summed E-state index contributed by atoms with van der Waals surface area (Å²) in [6.07, 6.45) is 1.80. The van der Waals surface area contributed by atoms with E-state index in [0.717, 1.165) is 54.5 Å². The van der Waals surface area contributed by atoms with Crippen molar-refractivity contribution < 1.29 is 14.3 Å². The first-order chi connectivity index (χ1) is 18.6. The van der Waals surface area contributed by atoms with Crippen molar-refractivity contribution in [2.75, 3.05) is 0 Å². The fourth-order valence-electron chi connectivity index (χ4n) is 4.66. The van der Waals surface area contributed by atoms with E-state index < -0.39 is 0 Å². The fraction of sp³-hybridized carbons (Fsp3) is 0.0625. The van der Waals surface area contributed by atoms with Gasteiger partial charge in [0.05, 0.1) is 11.4 Å². The van der Waals surface area contributed by atoms with Gasteiger partial charge < -0.3 is 4.74 Å². The highest BCUT2D eigenvalue weighted by molar-refractivity contribution is 9.10. The van der Waals surface area contributed by atoms with Gasteiger partial charge in [0.2, 0.25) is 0 Å². The number of amides is 2. The molecule has 0 atom stereocenters. The Morgan fingerprint density at radius 3 is 2.24 bits per heavy atom. The normalized spacial score (nSPS) is 14.7. The van der Waals surface area contributed by atoms with E-state index in [4.69, 9.17) is 4.74 Å². The molecule has 6 heteroatoms. The van der Waals surface area contributed by atoms with Gasteiger partial charge in [-0.25, -0.2) is 0 Å². The third-order valence-electron chi connectivity index (χ3n) is 6.60. The van der Waals surface area contributed by atoms with E-state index in [2.05, 4.69) is 40.2 Å². The second-order valence-electron chi connectivity index (χ2n) is 9.02. The van der Waals surface area contributed by atoms with Gasteiger partial charge in [-0.2, -0.15) is 0 Å². The van der Waals surface area contributed by atoms with Crippen molar-refractivity contribution in [1.29, 1.82) is 0 Å². The van der Waals surface area contributed by atoms with Crippen LogP contribution >= 0.6 is 27.7 Å². The summed E-state index contributed by atoms with van der Waals surface area (Å²) in [5, 5.41) is 4.02. The minimum Gasteiger partial charge on any atom is -0.488 e. The van der Waals surface area contributed by atoms with Crippen molar-refractivity contribution in [3.8, 4) is 5.75 Å². The first-order valence-corrected chi connectivity index (χ1v) is 13.8. The van der Waals surface area contributed by atoms with Gasteiger partial charge in [0.15, 0.2) is 0 Å². The zero-order chi connectivity index (χ0) is 26.1. The SMILES string of the molecule is O=C1S/C(=C\c2c(OCc3cccc4ccccc34)ccc3ccccc23)C(=O)N1Cc1ccc(Br)cc1. The molecule has 0 saturated carbocycles. The first kappa shape index (κ1) is 24.5. The second kappa shape index (κ2) is 10.5. The Labute approximate surface area is 233 Å². The van der Waals surface area contributed by atoms with Gasteiger partial charge in [-0.05, 0) is 68.7 Å². The molecular weight excluding hydrogens is 558 g/mol. The number of carbonyl (C=O) groups excluding carboxylic acids is 2. The largest absolute Gasteiger partial charge is 0.488 e. The summed E-state index contributed by atoms with van der Waals surface area (Å²) in [6, 6.07) is 34.0. The second-order valence-corrected chi connectivity index (χ2v) is 10.9. The van der Waals surface area contributed by atoms with Crippen molar-refractivity contribution in [3.05, 3.63) is 129 Å². The lowest BCUT2D eigenvalue weighted by Gasteiger charge is -2.14. The summed E-state index contributed by atoms with van der Waals surface area (Å²) < 4.78 is 7.32. The van der Waals surface area contributed by atoms with E-state index in [9.17, 15) is 9.59 Å². The number of thioether (sulfide) groups is 1. The van der Waals surface area contributed by atoms with Gasteiger partial charge in [-0.3, -0.25) is 14.5 Å². The molecule has 5 aromatic carbocycles. The van der Waals surface area contributed by atoms with Crippen molar-refractivity contribution in [2.24, 2.45) is 0 Å². The quantitative estimate of drug-likeness (QED) is 0.189. The zero-order valence-electron chi connectivity index (χ0n) is 20.3. The summed E-state index contributed by atoms with van der Waals surface area (Å²) in [5.41, 5.74) is 2.76. The standard InChI is InChI=1S/C32H22BrNO3S/c33-25-15-12-21(13-16-25)19-34-31(35)30(38-32(34)36)18-28-27-11-4-2-7-23(27)14-17-29(28)37-20-24-9-5-8-22-6-1-3-10-26(22)24/h1-18H,19-20H2/b30-18-. The van der Waals surface area contributed by atoms with Crippen LogP contribution in [0.4, 0.5) is 4.79 Å². The summed E-state index contributed by atoms with van der Waals surface area (Å²) in [7, 11) is 0. The Hall–Kier alpha value is -3.87. The van der Waals surface area contributed by atoms with Gasteiger partial charge in [0.25, 0.3) is 11.1 Å². The van der Waals surface area contributed by atoms with Crippen molar-refractivity contribution >= 4 is 66.5 Å². The molecule has 1 heterocycles. The van der Waals surface area contributed by atoms with Crippen molar-refractivity contribution in [2.45, 2.75) is 13.2 Å². The van der Waals surface area contributed by atoms with Gasteiger partial charge in [0, 0.05) is 10.0 Å². The molecule has 2 amide bonds. The zero-order valence-corrected chi connectivity index (χ0v) is 22.7. The number of rotatable bonds is 6. The molecule has 38 heavy (non-hydrogen) atoms. The predicted octanol–water partition coefficient (Wildman–Crippen LogP) is 8.57. The van der Waals surface area contributed by atoms with Crippen LogP contribution in [-0.4, -0.2) is 16.0 Å². The van der Waals surface area contributed by atoms with Crippen molar-refractivity contribution in [3.63, 3.8) is 0 Å². The molecule has 6 rings (SSSR count). The van der Waals surface area contributed by atoms with Crippen LogP contribution in [0.1, 0.15) is 16.7 Å². The number of hydrogen-bond donors (Lipinski definition) is 0. The molecule has 4 nitrogen and oxygen atoms in total. The predicted molar refractivity (Wildman–Crippen MR) is 158 cm³/mol. The van der Waals surface area contributed by atoms with Crippen LogP contribution < -0.4 is 4.74 Å². The van der Waals surface area contributed by atoms with Crippen LogP contribution in [0.3, 0.4) is 0 Å². The van der Waals surface area contributed by atoms with E-state index in [1.165, 1.54) is 4.90 Å².